The molecule has 2 aromatic rings. The highest BCUT2D eigenvalue weighted by molar-refractivity contribution is 6.31. The Bertz CT molecular complexity index is 1100. The molecule has 4 rings (SSSR count). The molecule has 160 valence electrons. The number of fused-ring (bicyclic) bond motifs is 1. The van der Waals surface area contributed by atoms with Crippen molar-refractivity contribution in [1.29, 1.82) is 0 Å². The second-order valence-corrected chi connectivity index (χ2v) is 8.17. The average molecular weight is 441 g/mol. The lowest BCUT2D eigenvalue weighted by Gasteiger charge is -2.29. The number of carbonyl (C=O) groups is 4. The highest BCUT2D eigenvalue weighted by Gasteiger charge is 2.38. The zero-order valence-electron chi connectivity index (χ0n) is 16.9. The smallest absolute Gasteiger partial charge is 0.319 e. The number of urea groups is 1. The molecule has 0 saturated heterocycles. The number of amides is 3. The third kappa shape index (κ3) is 4.44. The van der Waals surface area contributed by atoms with E-state index in [-0.39, 0.29) is 30.4 Å². The van der Waals surface area contributed by atoms with Gasteiger partial charge in [0.25, 0.3) is 5.91 Å². The fourth-order valence-corrected chi connectivity index (χ4v) is 4.02. The lowest BCUT2D eigenvalue weighted by Crippen LogP contribution is -2.44. The first-order valence-electron chi connectivity index (χ1n) is 9.96. The Balaban J connectivity index is 1.38. The SMILES string of the molecule is Cc1ncc(NC(=O)NCc2ccc3c(c2)C(=O)N(C2CCC(=O)CC2=O)C3)cc1Cl. The largest absolute Gasteiger partial charge is 0.334 e. The fourth-order valence-electron chi connectivity index (χ4n) is 3.85. The number of hydrogen-bond acceptors (Lipinski definition) is 5. The summed E-state index contributed by atoms with van der Waals surface area (Å²) in [7, 11) is 0. The number of carbonyl (C=O) groups excluding carboxylic acids is 4. The Morgan fingerprint density at radius 3 is 2.81 bits per heavy atom. The number of aryl methyl sites for hydroxylation is 1. The maximum Gasteiger partial charge on any atom is 0.319 e. The highest BCUT2D eigenvalue weighted by Crippen LogP contribution is 2.29. The van der Waals surface area contributed by atoms with Crippen LogP contribution in [0.4, 0.5) is 10.5 Å². The van der Waals surface area contributed by atoms with Gasteiger partial charge in [0.1, 0.15) is 5.78 Å². The molecule has 2 aliphatic rings. The van der Waals surface area contributed by atoms with Gasteiger partial charge in [0.05, 0.1) is 35.1 Å². The molecule has 1 unspecified atom stereocenters. The molecule has 9 heteroatoms. The van der Waals surface area contributed by atoms with Gasteiger partial charge in [-0.25, -0.2) is 4.79 Å². The lowest BCUT2D eigenvalue weighted by atomic mass is 9.92. The van der Waals surface area contributed by atoms with Crippen molar-refractivity contribution in [2.75, 3.05) is 5.32 Å². The van der Waals surface area contributed by atoms with Crippen molar-refractivity contribution in [2.24, 2.45) is 0 Å². The van der Waals surface area contributed by atoms with E-state index >= 15 is 0 Å². The Labute approximate surface area is 184 Å². The van der Waals surface area contributed by atoms with E-state index in [1.807, 2.05) is 12.1 Å². The summed E-state index contributed by atoms with van der Waals surface area (Å²) in [5, 5.41) is 5.86. The molecule has 2 N–H and O–H groups in total. The van der Waals surface area contributed by atoms with Crippen molar-refractivity contribution in [3.63, 3.8) is 0 Å². The second kappa shape index (κ2) is 8.47. The molecule has 0 spiro atoms. The molecule has 31 heavy (non-hydrogen) atoms. The van der Waals surface area contributed by atoms with Gasteiger partial charge < -0.3 is 15.5 Å². The molecule has 1 aromatic heterocycles. The van der Waals surface area contributed by atoms with Crippen LogP contribution in [-0.2, 0) is 22.7 Å². The number of hydrogen-bond donors (Lipinski definition) is 2. The van der Waals surface area contributed by atoms with Crippen molar-refractivity contribution in [3.05, 3.63) is 57.9 Å². The van der Waals surface area contributed by atoms with Crippen LogP contribution in [0.3, 0.4) is 0 Å². The maximum absolute atomic E-state index is 12.9. The molecule has 3 amide bonds. The molecule has 2 heterocycles. The molecule has 1 atom stereocenters. The molecular weight excluding hydrogens is 420 g/mol. The first-order chi connectivity index (χ1) is 14.8. The second-order valence-electron chi connectivity index (χ2n) is 7.76. The van der Waals surface area contributed by atoms with E-state index in [9.17, 15) is 19.2 Å². The van der Waals surface area contributed by atoms with Gasteiger partial charge in [-0.1, -0.05) is 23.7 Å². The summed E-state index contributed by atoms with van der Waals surface area (Å²) in [6.45, 7) is 2.34. The van der Waals surface area contributed by atoms with E-state index in [1.54, 1.807) is 24.0 Å². The van der Waals surface area contributed by atoms with E-state index in [1.165, 1.54) is 6.20 Å². The van der Waals surface area contributed by atoms with Crippen molar-refractivity contribution in [3.8, 4) is 0 Å². The average Bonchev–Trinajstić information content (AvgIpc) is 3.05. The summed E-state index contributed by atoms with van der Waals surface area (Å²) in [4.78, 5) is 54.4. The molecular formula is C22H21ClN4O4. The Morgan fingerprint density at radius 1 is 1.26 bits per heavy atom. The first kappa shape index (κ1) is 21.0. The summed E-state index contributed by atoms with van der Waals surface area (Å²) in [5.41, 5.74) is 3.27. The maximum atomic E-state index is 12.9. The van der Waals surface area contributed by atoms with Gasteiger partial charge in [-0.05, 0) is 36.6 Å². The van der Waals surface area contributed by atoms with Crippen LogP contribution in [0.2, 0.25) is 5.02 Å². The zero-order chi connectivity index (χ0) is 22.1. The van der Waals surface area contributed by atoms with Crippen LogP contribution in [0.1, 0.15) is 46.4 Å². The van der Waals surface area contributed by atoms with Gasteiger partial charge in [0.15, 0.2) is 5.78 Å². The first-order valence-corrected chi connectivity index (χ1v) is 10.3. The summed E-state index contributed by atoms with van der Waals surface area (Å²) < 4.78 is 0. The Morgan fingerprint density at radius 2 is 2.06 bits per heavy atom. The van der Waals surface area contributed by atoms with Crippen molar-refractivity contribution in [2.45, 2.75) is 45.3 Å². The number of ketones is 2. The normalized spacial score (nSPS) is 18.2. The molecule has 1 aliphatic carbocycles. The van der Waals surface area contributed by atoms with Gasteiger partial charge >= 0.3 is 6.03 Å². The van der Waals surface area contributed by atoms with Gasteiger partial charge in [-0.15, -0.1) is 0 Å². The molecule has 1 aromatic carbocycles. The fraction of sp³-hybridized carbons (Fsp3) is 0.318. The van der Waals surface area contributed by atoms with Crippen molar-refractivity contribution < 1.29 is 19.2 Å². The number of Topliss-reactive ketones (excluding diaryl/α,β-unsaturated/α-hetero) is 2. The summed E-state index contributed by atoms with van der Waals surface area (Å²) in [5.74, 6) is -0.475. The topological polar surface area (TPSA) is 108 Å². The van der Waals surface area contributed by atoms with Gasteiger partial charge in [0.2, 0.25) is 0 Å². The van der Waals surface area contributed by atoms with Crippen LogP contribution < -0.4 is 10.6 Å². The number of rotatable bonds is 4. The van der Waals surface area contributed by atoms with E-state index in [0.29, 0.717) is 41.4 Å². The summed E-state index contributed by atoms with van der Waals surface area (Å²) in [6, 6.07) is 6.07. The molecule has 0 bridgehead atoms. The predicted molar refractivity (Wildman–Crippen MR) is 114 cm³/mol. The molecule has 0 radical (unpaired) electrons. The van der Waals surface area contributed by atoms with Crippen molar-refractivity contribution in [1.82, 2.24) is 15.2 Å². The van der Waals surface area contributed by atoms with E-state index in [4.69, 9.17) is 11.6 Å². The molecule has 1 saturated carbocycles. The Kier molecular flexibility index (Phi) is 5.73. The third-order valence-corrected chi connectivity index (χ3v) is 5.94. The highest BCUT2D eigenvalue weighted by atomic mass is 35.5. The summed E-state index contributed by atoms with van der Waals surface area (Å²) in [6.07, 6.45) is 2.12. The number of aromatic nitrogens is 1. The molecule has 1 fully saturated rings. The van der Waals surface area contributed by atoms with Crippen molar-refractivity contribution >= 4 is 40.8 Å². The number of nitrogens with zero attached hydrogens (tertiary/aromatic N) is 2. The minimum absolute atomic E-state index is 0.0688. The number of halogens is 1. The lowest BCUT2D eigenvalue weighted by molar-refractivity contribution is -0.133. The van der Waals surface area contributed by atoms with Crippen LogP contribution in [0, 0.1) is 6.92 Å². The predicted octanol–water partition coefficient (Wildman–Crippen LogP) is 3.01. The number of nitrogens with one attached hydrogen (secondary N) is 2. The van der Waals surface area contributed by atoms with Gasteiger partial charge in [-0.3, -0.25) is 19.4 Å². The number of pyridine rings is 1. The standard InChI is InChI=1S/C22H21ClN4O4/c1-12-18(23)7-15(10-24-12)26-22(31)25-9-13-2-3-14-11-27(21(30)17(14)6-13)19-5-4-16(28)8-20(19)29/h2-3,6-7,10,19H,4-5,8-9,11H2,1H3,(H2,25,26,31). The van der Waals surface area contributed by atoms with Crippen LogP contribution in [0.15, 0.2) is 30.5 Å². The van der Waals surface area contributed by atoms with E-state index in [0.717, 1.165) is 11.1 Å². The number of benzene rings is 1. The van der Waals surface area contributed by atoms with Gasteiger partial charge in [-0.2, -0.15) is 0 Å². The van der Waals surface area contributed by atoms with Gasteiger partial charge in [0, 0.05) is 25.1 Å². The zero-order valence-corrected chi connectivity index (χ0v) is 17.7. The van der Waals surface area contributed by atoms with E-state index < -0.39 is 12.1 Å². The Hall–Kier alpha value is -3.26. The van der Waals surface area contributed by atoms with Crippen LogP contribution in [0.5, 0.6) is 0 Å². The molecule has 8 nitrogen and oxygen atoms in total. The minimum Gasteiger partial charge on any atom is -0.334 e. The quantitative estimate of drug-likeness (QED) is 0.710. The summed E-state index contributed by atoms with van der Waals surface area (Å²) >= 11 is 6.01. The molecule has 1 aliphatic heterocycles. The minimum atomic E-state index is -0.542. The number of anilines is 1. The third-order valence-electron chi connectivity index (χ3n) is 5.56. The van der Waals surface area contributed by atoms with Crippen LogP contribution in [-0.4, -0.2) is 39.4 Å². The van der Waals surface area contributed by atoms with Crippen LogP contribution in [0.25, 0.3) is 0 Å². The van der Waals surface area contributed by atoms with E-state index in [2.05, 4.69) is 15.6 Å². The van der Waals surface area contributed by atoms with Crippen LogP contribution >= 0.6 is 11.6 Å². The monoisotopic (exact) mass is 440 g/mol.